The van der Waals surface area contributed by atoms with Gasteiger partial charge in [0.25, 0.3) is 0 Å². The predicted molar refractivity (Wildman–Crippen MR) is 90.4 cm³/mol. The Hall–Kier alpha value is -0.710. The normalized spacial score (nSPS) is 10.9. The van der Waals surface area contributed by atoms with Gasteiger partial charge >= 0.3 is 0 Å². The van der Waals surface area contributed by atoms with E-state index < -0.39 is 0 Å². The molecule has 0 aliphatic rings. The van der Waals surface area contributed by atoms with Crippen molar-refractivity contribution in [2.45, 2.75) is 39.7 Å². The molecule has 2 nitrogen and oxygen atoms in total. The average molecular weight is 353 g/mol. The number of hydrogen-bond donors (Lipinski definition) is 1. The SMILES string of the molecule is CCCc1nc(Cc2ccccc2Br)sc1CNCC. The lowest BCUT2D eigenvalue weighted by atomic mass is 10.1. The number of nitrogens with one attached hydrogen (secondary N) is 1. The largest absolute Gasteiger partial charge is 0.312 e. The molecule has 0 fully saturated rings. The fourth-order valence-electron chi connectivity index (χ4n) is 2.13. The van der Waals surface area contributed by atoms with Crippen molar-refractivity contribution >= 4 is 27.3 Å². The van der Waals surface area contributed by atoms with E-state index in [9.17, 15) is 0 Å². The summed E-state index contributed by atoms with van der Waals surface area (Å²) in [5, 5.41) is 4.63. The Morgan fingerprint density at radius 3 is 2.75 bits per heavy atom. The van der Waals surface area contributed by atoms with Crippen molar-refractivity contribution in [3.05, 3.63) is 49.9 Å². The molecule has 1 aromatic carbocycles. The summed E-state index contributed by atoms with van der Waals surface area (Å²) in [5.74, 6) is 0. The van der Waals surface area contributed by atoms with Gasteiger partial charge in [0.1, 0.15) is 0 Å². The van der Waals surface area contributed by atoms with Crippen LogP contribution in [0.4, 0.5) is 0 Å². The van der Waals surface area contributed by atoms with Gasteiger partial charge in [-0.3, -0.25) is 0 Å². The van der Waals surface area contributed by atoms with Crippen molar-refractivity contribution in [3.63, 3.8) is 0 Å². The van der Waals surface area contributed by atoms with Gasteiger partial charge in [-0.05, 0) is 24.6 Å². The van der Waals surface area contributed by atoms with E-state index in [0.29, 0.717) is 0 Å². The van der Waals surface area contributed by atoms with Crippen LogP contribution < -0.4 is 5.32 Å². The first-order chi connectivity index (χ1) is 9.74. The van der Waals surface area contributed by atoms with Gasteiger partial charge in [-0.1, -0.05) is 54.4 Å². The number of benzene rings is 1. The Kier molecular flexibility index (Phi) is 6.20. The maximum atomic E-state index is 4.85. The minimum atomic E-state index is 0.912. The molecule has 0 radical (unpaired) electrons. The van der Waals surface area contributed by atoms with Crippen molar-refractivity contribution < 1.29 is 0 Å². The van der Waals surface area contributed by atoms with Crippen LogP contribution in [0.5, 0.6) is 0 Å². The minimum Gasteiger partial charge on any atom is -0.312 e. The topological polar surface area (TPSA) is 24.9 Å². The fraction of sp³-hybridized carbons (Fsp3) is 0.438. The van der Waals surface area contributed by atoms with Crippen molar-refractivity contribution in [1.82, 2.24) is 10.3 Å². The molecule has 0 saturated heterocycles. The molecule has 0 aliphatic heterocycles. The van der Waals surface area contributed by atoms with Gasteiger partial charge in [0.2, 0.25) is 0 Å². The number of aromatic nitrogens is 1. The number of hydrogen-bond acceptors (Lipinski definition) is 3. The van der Waals surface area contributed by atoms with E-state index in [4.69, 9.17) is 4.98 Å². The fourth-order valence-corrected chi connectivity index (χ4v) is 3.66. The van der Waals surface area contributed by atoms with E-state index >= 15 is 0 Å². The van der Waals surface area contributed by atoms with E-state index in [-0.39, 0.29) is 0 Å². The van der Waals surface area contributed by atoms with Gasteiger partial charge in [-0.25, -0.2) is 4.98 Å². The first-order valence-electron chi connectivity index (χ1n) is 7.16. The molecular weight excluding hydrogens is 332 g/mol. The van der Waals surface area contributed by atoms with Gasteiger partial charge in [0.15, 0.2) is 0 Å². The highest BCUT2D eigenvalue weighted by molar-refractivity contribution is 9.10. The van der Waals surface area contributed by atoms with Crippen molar-refractivity contribution in [2.75, 3.05) is 6.54 Å². The number of nitrogens with zero attached hydrogens (tertiary/aromatic N) is 1. The molecule has 108 valence electrons. The molecule has 1 heterocycles. The third-order valence-corrected chi connectivity index (χ3v) is 5.02. The maximum absolute atomic E-state index is 4.85. The van der Waals surface area contributed by atoms with Crippen LogP contribution in [0.1, 0.15) is 41.4 Å². The average Bonchev–Trinajstić information content (AvgIpc) is 2.81. The maximum Gasteiger partial charge on any atom is 0.0975 e. The molecule has 0 saturated carbocycles. The molecule has 1 N–H and O–H groups in total. The summed E-state index contributed by atoms with van der Waals surface area (Å²) in [6.45, 7) is 6.30. The highest BCUT2D eigenvalue weighted by atomic mass is 79.9. The van der Waals surface area contributed by atoms with Crippen molar-refractivity contribution in [2.24, 2.45) is 0 Å². The van der Waals surface area contributed by atoms with E-state index in [1.54, 1.807) is 0 Å². The second kappa shape index (κ2) is 7.91. The first kappa shape index (κ1) is 15.7. The van der Waals surface area contributed by atoms with Crippen LogP contribution >= 0.6 is 27.3 Å². The van der Waals surface area contributed by atoms with Crippen LogP contribution in [-0.2, 0) is 19.4 Å². The molecule has 0 spiro atoms. The van der Waals surface area contributed by atoms with E-state index in [1.165, 1.54) is 25.6 Å². The zero-order chi connectivity index (χ0) is 14.4. The van der Waals surface area contributed by atoms with Crippen LogP contribution in [0, 0.1) is 0 Å². The first-order valence-corrected chi connectivity index (χ1v) is 8.77. The number of rotatable bonds is 7. The predicted octanol–water partition coefficient (Wildman–Crippen LogP) is 4.56. The van der Waals surface area contributed by atoms with E-state index in [2.05, 4.69) is 59.4 Å². The van der Waals surface area contributed by atoms with E-state index in [1.807, 2.05) is 11.3 Å². The Morgan fingerprint density at radius 1 is 1.25 bits per heavy atom. The highest BCUT2D eigenvalue weighted by Gasteiger charge is 2.11. The van der Waals surface area contributed by atoms with E-state index in [0.717, 1.165) is 32.4 Å². The molecule has 0 amide bonds. The molecule has 0 bridgehead atoms. The summed E-state index contributed by atoms with van der Waals surface area (Å²) in [6.07, 6.45) is 3.14. The molecule has 4 heteroatoms. The summed E-state index contributed by atoms with van der Waals surface area (Å²) in [7, 11) is 0. The minimum absolute atomic E-state index is 0.912. The Morgan fingerprint density at radius 2 is 2.05 bits per heavy atom. The molecular formula is C16H21BrN2S. The third-order valence-electron chi connectivity index (χ3n) is 3.14. The summed E-state index contributed by atoms with van der Waals surface area (Å²) in [6, 6.07) is 8.39. The lowest BCUT2D eigenvalue weighted by Crippen LogP contribution is -2.11. The molecule has 0 aliphatic carbocycles. The second-order valence-corrected chi connectivity index (χ2v) is 6.80. The van der Waals surface area contributed by atoms with Gasteiger partial charge in [-0.2, -0.15) is 0 Å². The van der Waals surface area contributed by atoms with Gasteiger partial charge in [0, 0.05) is 22.3 Å². The lowest BCUT2D eigenvalue weighted by Gasteiger charge is -2.00. The Labute approximate surface area is 133 Å². The molecule has 0 atom stereocenters. The van der Waals surface area contributed by atoms with Crippen LogP contribution in [0.3, 0.4) is 0 Å². The second-order valence-electron chi connectivity index (χ2n) is 4.78. The molecule has 1 aromatic heterocycles. The van der Waals surface area contributed by atoms with Crippen LogP contribution in [-0.4, -0.2) is 11.5 Å². The van der Waals surface area contributed by atoms with Gasteiger partial charge < -0.3 is 5.32 Å². The molecule has 20 heavy (non-hydrogen) atoms. The third kappa shape index (κ3) is 4.14. The standard InChI is InChI=1S/C16H21BrN2S/c1-3-7-14-15(11-18-4-2)20-16(19-14)10-12-8-5-6-9-13(12)17/h5-6,8-9,18H,3-4,7,10-11H2,1-2H3. The quantitative estimate of drug-likeness (QED) is 0.789. The number of aryl methyl sites for hydroxylation is 1. The van der Waals surface area contributed by atoms with Crippen LogP contribution in [0.2, 0.25) is 0 Å². The smallest absolute Gasteiger partial charge is 0.0975 e. The zero-order valence-corrected chi connectivity index (χ0v) is 14.5. The van der Waals surface area contributed by atoms with Crippen LogP contribution in [0.15, 0.2) is 28.7 Å². The molecule has 2 aromatic rings. The Balaban J connectivity index is 2.17. The number of thiazole rings is 1. The summed E-state index contributed by atoms with van der Waals surface area (Å²) in [4.78, 5) is 6.25. The van der Waals surface area contributed by atoms with Crippen LogP contribution in [0.25, 0.3) is 0 Å². The molecule has 2 rings (SSSR count). The van der Waals surface area contributed by atoms with Gasteiger partial charge in [-0.15, -0.1) is 11.3 Å². The Bertz CT molecular complexity index is 551. The summed E-state index contributed by atoms with van der Waals surface area (Å²) >= 11 is 5.46. The lowest BCUT2D eigenvalue weighted by molar-refractivity contribution is 0.723. The monoisotopic (exact) mass is 352 g/mol. The number of halogens is 1. The van der Waals surface area contributed by atoms with Gasteiger partial charge in [0.05, 0.1) is 10.7 Å². The zero-order valence-electron chi connectivity index (χ0n) is 12.1. The highest BCUT2D eigenvalue weighted by Crippen LogP contribution is 2.25. The van der Waals surface area contributed by atoms with Crippen molar-refractivity contribution in [3.8, 4) is 0 Å². The summed E-state index contributed by atoms with van der Waals surface area (Å²) in [5.41, 5.74) is 2.58. The summed E-state index contributed by atoms with van der Waals surface area (Å²) < 4.78 is 1.17. The van der Waals surface area contributed by atoms with Crippen molar-refractivity contribution in [1.29, 1.82) is 0 Å². The molecule has 0 unspecified atom stereocenters.